The standard InChI is InChI=1S/C24H39N5O3/c1-7-25-22(29-12-11-20(16-29)28-23(31)32-24(4,5)6)26-15-18-9-8-10-19(14-18)27-21(30)13-17(2)3/h8-10,14,17,20H,7,11-13,15-16H2,1-6H3,(H,25,26)(H,27,30)(H,28,31). The SMILES string of the molecule is CCNC(=NCc1cccc(NC(=O)CC(C)C)c1)N1CCC(NC(=O)OC(C)(C)C)C1. The predicted molar refractivity (Wildman–Crippen MR) is 129 cm³/mol. The average Bonchev–Trinajstić information content (AvgIpc) is 3.11. The number of anilines is 1. The number of carbonyl (C=O) groups is 2. The first kappa shape index (κ1) is 25.5. The third kappa shape index (κ3) is 9.16. The molecule has 1 fully saturated rings. The Morgan fingerprint density at radius 3 is 2.69 bits per heavy atom. The Balaban J connectivity index is 1.96. The first-order valence-corrected chi connectivity index (χ1v) is 11.5. The molecule has 1 aliphatic rings. The molecule has 1 atom stereocenters. The van der Waals surface area contributed by atoms with Crippen molar-refractivity contribution in [3.8, 4) is 0 Å². The maximum absolute atomic E-state index is 12.1. The summed E-state index contributed by atoms with van der Waals surface area (Å²) >= 11 is 0. The van der Waals surface area contributed by atoms with E-state index >= 15 is 0 Å². The minimum absolute atomic E-state index is 0.0215. The molecule has 1 unspecified atom stereocenters. The van der Waals surface area contributed by atoms with Crippen molar-refractivity contribution in [3.05, 3.63) is 29.8 Å². The number of rotatable bonds is 7. The second-order valence-electron chi connectivity index (χ2n) is 9.59. The van der Waals surface area contributed by atoms with Crippen LogP contribution in [0.1, 0.15) is 59.9 Å². The smallest absolute Gasteiger partial charge is 0.407 e. The number of alkyl carbamates (subject to hydrolysis) is 1. The molecule has 0 radical (unpaired) electrons. The molecule has 3 N–H and O–H groups in total. The Hall–Kier alpha value is -2.77. The van der Waals surface area contributed by atoms with E-state index in [1.54, 1.807) is 0 Å². The zero-order valence-corrected chi connectivity index (χ0v) is 20.3. The van der Waals surface area contributed by atoms with Gasteiger partial charge < -0.3 is 25.6 Å². The summed E-state index contributed by atoms with van der Waals surface area (Å²) in [4.78, 5) is 31.1. The van der Waals surface area contributed by atoms with Gasteiger partial charge in [-0.3, -0.25) is 4.79 Å². The van der Waals surface area contributed by atoms with Crippen molar-refractivity contribution < 1.29 is 14.3 Å². The van der Waals surface area contributed by atoms with Crippen LogP contribution in [0, 0.1) is 5.92 Å². The van der Waals surface area contributed by atoms with E-state index in [9.17, 15) is 9.59 Å². The Bertz CT molecular complexity index is 801. The van der Waals surface area contributed by atoms with Crippen molar-refractivity contribution >= 4 is 23.6 Å². The molecule has 8 nitrogen and oxygen atoms in total. The fraction of sp³-hybridized carbons (Fsp3) is 0.625. The van der Waals surface area contributed by atoms with Crippen LogP contribution in [0.15, 0.2) is 29.3 Å². The van der Waals surface area contributed by atoms with Crippen LogP contribution in [0.4, 0.5) is 10.5 Å². The highest BCUT2D eigenvalue weighted by atomic mass is 16.6. The molecule has 0 aromatic heterocycles. The van der Waals surface area contributed by atoms with E-state index < -0.39 is 5.60 Å². The molecule has 0 bridgehead atoms. The van der Waals surface area contributed by atoms with Crippen molar-refractivity contribution in [2.45, 2.75) is 72.6 Å². The molecule has 2 amide bonds. The summed E-state index contributed by atoms with van der Waals surface area (Å²) in [6.45, 7) is 14.4. The van der Waals surface area contributed by atoms with Crippen LogP contribution >= 0.6 is 0 Å². The fourth-order valence-corrected chi connectivity index (χ4v) is 3.47. The summed E-state index contributed by atoms with van der Waals surface area (Å²) in [5, 5.41) is 9.24. The van der Waals surface area contributed by atoms with Gasteiger partial charge in [0.15, 0.2) is 5.96 Å². The normalized spacial score (nSPS) is 16.8. The minimum atomic E-state index is -0.512. The van der Waals surface area contributed by atoms with Gasteiger partial charge in [-0.05, 0) is 57.7 Å². The first-order chi connectivity index (χ1) is 15.1. The lowest BCUT2D eigenvalue weighted by atomic mass is 10.1. The van der Waals surface area contributed by atoms with Crippen molar-refractivity contribution in [3.63, 3.8) is 0 Å². The van der Waals surface area contributed by atoms with Gasteiger partial charge in [-0.15, -0.1) is 0 Å². The molecular formula is C24H39N5O3. The minimum Gasteiger partial charge on any atom is -0.444 e. The van der Waals surface area contributed by atoms with Crippen molar-refractivity contribution in [1.82, 2.24) is 15.5 Å². The lowest BCUT2D eigenvalue weighted by Gasteiger charge is -2.23. The number of likely N-dealkylation sites (tertiary alicyclic amines) is 1. The van der Waals surface area contributed by atoms with Crippen LogP contribution in [-0.4, -0.2) is 54.1 Å². The van der Waals surface area contributed by atoms with E-state index in [0.29, 0.717) is 25.4 Å². The Morgan fingerprint density at radius 2 is 2.03 bits per heavy atom. The highest BCUT2D eigenvalue weighted by Gasteiger charge is 2.27. The van der Waals surface area contributed by atoms with E-state index in [1.807, 2.05) is 65.8 Å². The molecule has 178 valence electrons. The van der Waals surface area contributed by atoms with E-state index in [4.69, 9.17) is 9.73 Å². The molecule has 0 aliphatic carbocycles. The third-order valence-corrected chi connectivity index (χ3v) is 4.76. The monoisotopic (exact) mass is 445 g/mol. The molecule has 0 spiro atoms. The van der Waals surface area contributed by atoms with Gasteiger partial charge in [-0.2, -0.15) is 0 Å². The van der Waals surface area contributed by atoms with Crippen LogP contribution in [0.5, 0.6) is 0 Å². The predicted octanol–water partition coefficient (Wildman–Crippen LogP) is 3.74. The van der Waals surface area contributed by atoms with Gasteiger partial charge in [-0.1, -0.05) is 26.0 Å². The number of nitrogens with zero attached hydrogens (tertiary/aromatic N) is 2. The number of ether oxygens (including phenoxy) is 1. The Morgan fingerprint density at radius 1 is 1.28 bits per heavy atom. The van der Waals surface area contributed by atoms with Crippen molar-refractivity contribution in [2.75, 3.05) is 25.0 Å². The second kappa shape index (κ2) is 11.7. The first-order valence-electron chi connectivity index (χ1n) is 11.5. The zero-order chi connectivity index (χ0) is 23.7. The van der Waals surface area contributed by atoms with Crippen LogP contribution in [0.25, 0.3) is 0 Å². The number of benzene rings is 1. The highest BCUT2D eigenvalue weighted by molar-refractivity contribution is 5.90. The van der Waals surface area contributed by atoms with Gasteiger partial charge >= 0.3 is 6.09 Å². The van der Waals surface area contributed by atoms with Crippen LogP contribution < -0.4 is 16.0 Å². The molecule has 1 aromatic rings. The van der Waals surface area contributed by atoms with Crippen molar-refractivity contribution in [2.24, 2.45) is 10.9 Å². The number of carbonyl (C=O) groups excluding carboxylic acids is 2. The van der Waals surface area contributed by atoms with Crippen LogP contribution in [-0.2, 0) is 16.1 Å². The molecule has 32 heavy (non-hydrogen) atoms. The van der Waals surface area contributed by atoms with Crippen molar-refractivity contribution in [1.29, 1.82) is 0 Å². The number of amides is 2. The number of hydrogen-bond acceptors (Lipinski definition) is 4. The topological polar surface area (TPSA) is 95.1 Å². The fourth-order valence-electron chi connectivity index (χ4n) is 3.47. The van der Waals surface area contributed by atoms with E-state index in [2.05, 4.69) is 20.9 Å². The molecule has 1 heterocycles. The number of aliphatic imine (C=N–C) groups is 1. The van der Waals surface area contributed by atoms with Gasteiger partial charge in [0, 0.05) is 31.7 Å². The Kier molecular flexibility index (Phi) is 9.35. The summed E-state index contributed by atoms with van der Waals surface area (Å²) < 4.78 is 5.36. The third-order valence-electron chi connectivity index (χ3n) is 4.76. The molecule has 8 heteroatoms. The van der Waals surface area contributed by atoms with Crippen LogP contribution in [0.2, 0.25) is 0 Å². The molecule has 1 saturated heterocycles. The number of nitrogens with one attached hydrogen (secondary N) is 3. The van der Waals surface area contributed by atoms with E-state index in [0.717, 1.165) is 36.7 Å². The molecular weight excluding hydrogens is 406 g/mol. The lowest BCUT2D eigenvalue weighted by Crippen LogP contribution is -2.44. The van der Waals surface area contributed by atoms with E-state index in [-0.39, 0.29) is 18.0 Å². The number of guanidine groups is 1. The zero-order valence-electron chi connectivity index (χ0n) is 20.3. The van der Waals surface area contributed by atoms with Crippen LogP contribution in [0.3, 0.4) is 0 Å². The maximum Gasteiger partial charge on any atom is 0.407 e. The van der Waals surface area contributed by atoms with Gasteiger partial charge in [-0.25, -0.2) is 9.79 Å². The van der Waals surface area contributed by atoms with Gasteiger partial charge in [0.2, 0.25) is 5.91 Å². The summed E-state index contributed by atoms with van der Waals surface area (Å²) in [6, 6.07) is 7.81. The molecule has 2 rings (SSSR count). The highest BCUT2D eigenvalue weighted by Crippen LogP contribution is 2.15. The summed E-state index contributed by atoms with van der Waals surface area (Å²) in [6.07, 6.45) is 0.948. The molecule has 1 aromatic carbocycles. The average molecular weight is 446 g/mol. The molecule has 0 saturated carbocycles. The largest absolute Gasteiger partial charge is 0.444 e. The number of hydrogen-bond donors (Lipinski definition) is 3. The summed E-state index contributed by atoms with van der Waals surface area (Å²) in [5.74, 6) is 1.16. The van der Waals surface area contributed by atoms with Gasteiger partial charge in [0.05, 0.1) is 12.6 Å². The second-order valence-corrected chi connectivity index (χ2v) is 9.59. The summed E-state index contributed by atoms with van der Waals surface area (Å²) in [5.41, 5.74) is 1.29. The molecule has 1 aliphatic heterocycles. The summed E-state index contributed by atoms with van der Waals surface area (Å²) in [7, 11) is 0. The Labute approximate surface area is 192 Å². The van der Waals surface area contributed by atoms with Gasteiger partial charge in [0.25, 0.3) is 0 Å². The quantitative estimate of drug-likeness (QED) is 0.439. The maximum atomic E-state index is 12.1. The van der Waals surface area contributed by atoms with E-state index in [1.165, 1.54) is 0 Å². The lowest BCUT2D eigenvalue weighted by molar-refractivity contribution is -0.116. The van der Waals surface area contributed by atoms with Gasteiger partial charge in [0.1, 0.15) is 5.60 Å².